The molecule has 0 spiro atoms. The van der Waals surface area contributed by atoms with Crippen molar-refractivity contribution < 1.29 is 0 Å². The van der Waals surface area contributed by atoms with Gasteiger partial charge < -0.3 is 10.3 Å². The van der Waals surface area contributed by atoms with Crippen LogP contribution in [0.25, 0.3) is 0 Å². The highest BCUT2D eigenvalue weighted by Gasteiger charge is 1.88. The highest BCUT2D eigenvalue weighted by molar-refractivity contribution is 5.23. The van der Waals surface area contributed by atoms with Crippen molar-refractivity contribution in [2.24, 2.45) is 7.05 Å². The van der Waals surface area contributed by atoms with Gasteiger partial charge in [-0.15, -0.1) is 0 Å². The molecule has 0 aromatic carbocycles. The first-order valence-corrected chi connectivity index (χ1v) is 3.91. The van der Waals surface area contributed by atoms with Crippen LogP contribution in [0.5, 0.6) is 0 Å². The quantitative estimate of drug-likeness (QED) is 0.624. The summed E-state index contributed by atoms with van der Waals surface area (Å²) in [4.78, 5) is 14.1. The molecule has 4 nitrogen and oxygen atoms in total. The van der Waals surface area contributed by atoms with Gasteiger partial charge in [-0.3, -0.25) is 0 Å². The summed E-state index contributed by atoms with van der Waals surface area (Å²) in [6.45, 7) is 4.25. The fourth-order valence-corrected chi connectivity index (χ4v) is 0.479. The maximum atomic E-state index is 10.6. The van der Waals surface area contributed by atoms with E-state index < -0.39 is 0 Å². The molecule has 0 saturated carbocycles. The number of rotatable bonds is 0. The topological polar surface area (TPSA) is 60.9 Å². The van der Waals surface area contributed by atoms with Crippen molar-refractivity contribution in [1.82, 2.24) is 9.55 Å². The lowest BCUT2D eigenvalue weighted by Crippen LogP contribution is -2.19. The summed E-state index contributed by atoms with van der Waals surface area (Å²) < 4.78 is 1.36. The summed E-state index contributed by atoms with van der Waals surface area (Å²) in [5.41, 5.74) is 4.88. The molecule has 1 heterocycles. The molecule has 12 heavy (non-hydrogen) atoms. The van der Waals surface area contributed by atoms with Gasteiger partial charge >= 0.3 is 5.69 Å². The van der Waals surface area contributed by atoms with E-state index in [2.05, 4.69) is 18.8 Å². The number of aromatic nitrogens is 2. The van der Waals surface area contributed by atoms with Gasteiger partial charge in [0.15, 0.2) is 0 Å². The standard InChI is InChI=1S/C5H7N3O.C3H8/c1-8-3-2-4(6)7-5(8)9;1-3-2/h2-3H,1H3,(H2,6,7,9);3H2,1-2H3. The van der Waals surface area contributed by atoms with Gasteiger partial charge in [0.05, 0.1) is 0 Å². The predicted octanol–water partition coefficient (Wildman–Crippen LogP) is 0.779. The zero-order chi connectivity index (χ0) is 9.56. The third kappa shape index (κ3) is 3.75. The minimum atomic E-state index is -0.324. The molecule has 0 aliphatic carbocycles. The summed E-state index contributed by atoms with van der Waals surface area (Å²) in [5.74, 6) is 0.262. The van der Waals surface area contributed by atoms with E-state index in [1.165, 1.54) is 11.0 Å². The van der Waals surface area contributed by atoms with Gasteiger partial charge in [-0.1, -0.05) is 20.3 Å². The number of nitrogens with zero attached hydrogens (tertiary/aromatic N) is 2. The molecule has 1 rings (SSSR count). The largest absolute Gasteiger partial charge is 0.383 e. The van der Waals surface area contributed by atoms with Gasteiger partial charge in [-0.2, -0.15) is 4.98 Å². The Morgan fingerprint density at radius 1 is 1.58 bits per heavy atom. The Morgan fingerprint density at radius 2 is 2.08 bits per heavy atom. The van der Waals surface area contributed by atoms with Crippen LogP contribution in [0.15, 0.2) is 17.1 Å². The maximum absolute atomic E-state index is 10.6. The molecule has 0 atom stereocenters. The third-order valence-corrected chi connectivity index (χ3v) is 0.995. The third-order valence-electron chi connectivity index (χ3n) is 0.995. The van der Waals surface area contributed by atoms with Crippen LogP contribution >= 0.6 is 0 Å². The van der Waals surface area contributed by atoms with Crippen LogP contribution in [-0.4, -0.2) is 9.55 Å². The molecule has 0 bridgehead atoms. The van der Waals surface area contributed by atoms with Crippen LogP contribution < -0.4 is 11.4 Å². The summed E-state index contributed by atoms with van der Waals surface area (Å²) in [6, 6.07) is 1.57. The number of nitrogens with two attached hydrogens (primary N) is 1. The molecule has 4 heteroatoms. The Morgan fingerprint density at radius 3 is 2.42 bits per heavy atom. The van der Waals surface area contributed by atoms with E-state index >= 15 is 0 Å². The van der Waals surface area contributed by atoms with E-state index in [0.29, 0.717) is 0 Å². The van der Waals surface area contributed by atoms with Crippen LogP contribution in [0.1, 0.15) is 20.3 Å². The van der Waals surface area contributed by atoms with Crippen molar-refractivity contribution in [3.05, 3.63) is 22.7 Å². The van der Waals surface area contributed by atoms with Crippen LogP contribution in [0, 0.1) is 0 Å². The Labute approximate surface area is 72.0 Å². The fourth-order valence-electron chi connectivity index (χ4n) is 0.479. The lowest BCUT2D eigenvalue weighted by atomic mass is 10.6. The highest BCUT2D eigenvalue weighted by Crippen LogP contribution is 1.85. The summed E-state index contributed by atoms with van der Waals surface area (Å²) in [7, 11) is 1.62. The maximum Gasteiger partial charge on any atom is 0.349 e. The molecule has 0 amide bonds. The van der Waals surface area contributed by atoms with E-state index in [1.54, 1.807) is 19.3 Å². The van der Waals surface area contributed by atoms with E-state index in [1.807, 2.05) is 0 Å². The highest BCUT2D eigenvalue weighted by atomic mass is 16.1. The normalized spacial score (nSPS) is 8.58. The van der Waals surface area contributed by atoms with E-state index in [0.717, 1.165) is 0 Å². The Hall–Kier alpha value is -1.32. The first-order valence-electron chi connectivity index (χ1n) is 3.91. The Kier molecular flexibility index (Phi) is 4.76. The van der Waals surface area contributed by atoms with Gasteiger partial charge in [-0.05, 0) is 6.07 Å². The Balaban J connectivity index is 0.000000354. The van der Waals surface area contributed by atoms with Gasteiger partial charge in [0, 0.05) is 13.2 Å². The van der Waals surface area contributed by atoms with Crippen LogP contribution in [0.4, 0.5) is 5.82 Å². The van der Waals surface area contributed by atoms with E-state index in [-0.39, 0.29) is 11.5 Å². The van der Waals surface area contributed by atoms with Crippen LogP contribution in [0.2, 0.25) is 0 Å². The Bertz CT molecular complexity index is 280. The SMILES string of the molecule is CCC.Cn1ccc(N)nc1=O. The van der Waals surface area contributed by atoms with E-state index in [9.17, 15) is 4.79 Å². The summed E-state index contributed by atoms with van der Waals surface area (Å²) >= 11 is 0. The molecule has 0 fully saturated rings. The van der Waals surface area contributed by atoms with E-state index in [4.69, 9.17) is 5.73 Å². The van der Waals surface area contributed by atoms with Gasteiger partial charge in [0.2, 0.25) is 0 Å². The molecule has 68 valence electrons. The van der Waals surface area contributed by atoms with Gasteiger partial charge in [0.1, 0.15) is 5.82 Å². The molecule has 0 aliphatic rings. The number of aryl methyl sites for hydroxylation is 1. The van der Waals surface area contributed by atoms with Gasteiger partial charge in [0.25, 0.3) is 0 Å². The molecular weight excluding hydrogens is 154 g/mol. The first kappa shape index (κ1) is 10.7. The van der Waals surface area contributed by atoms with Crippen LogP contribution in [-0.2, 0) is 7.05 Å². The number of nitrogen functional groups attached to an aromatic ring is 1. The number of hydrogen-bond donors (Lipinski definition) is 1. The zero-order valence-electron chi connectivity index (χ0n) is 7.74. The lowest BCUT2D eigenvalue weighted by Gasteiger charge is -1.92. The van der Waals surface area contributed by atoms with Gasteiger partial charge in [-0.25, -0.2) is 4.79 Å². The molecule has 2 N–H and O–H groups in total. The molecule has 1 aromatic rings. The molecule has 0 radical (unpaired) electrons. The number of hydrogen-bond acceptors (Lipinski definition) is 3. The second-order valence-corrected chi connectivity index (χ2v) is 2.45. The van der Waals surface area contributed by atoms with Crippen molar-refractivity contribution in [3.63, 3.8) is 0 Å². The smallest absolute Gasteiger partial charge is 0.349 e. The minimum absolute atomic E-state index is 0.262. The summed E-state index contributed by atoms with van der Waals surface area (Å²) in [6.07, 6.45) is 2.82. The average Bonchev–Trinajstić information content (AvgIpc) is 1.99. The zero-order valence-corrected chi connectivity index (χ0v) is 7.74. The van der Waals surface area contributed by atoms with Crippen molar-refractivity contribution in [3.8, 4) is 0 Å². The average molecular weight is 169 g/mol. The molecule has 0 aliphatic heterocycles. The van der Waals surface area contributed by atoms with Crippen molar-refractivity contribution in [1.29, 1.82) is 0 Å². The monoisotopic (exact) mass is 169 g/mol. The lowest BCUT2D eigenvalue weighted by molar-refractivity contribution is 0.814. The van der Waals surface area contributed by atoms with Crippen LogP contribution in [0.3, 0.4) is 0 Å². The predicted molar refractivity (Wildman–Crippen MR) is 49.9 cm³/mol. The van der Waals surface area contributed by atoms with Crippen molar-refractivity contribution in [2.45, 2.75) is 20.3 Å². The molecule has 1 aromatic heterocycles. The second kappa shape index (κ2) is 5.35. The second-order valence-electron chi connectivity index (χ2n) is 2.45. The molecule has 0 saturated heterocycles. The van der Waals surface area contributed by atoms with Crippen molar-refractivity contribution >= 4 is 5.82 Å². The first-order chi connectivity index (χ1) is 5.61. The number of anilines is 1. The summed E-state index contributed by atoms with van der Waals surface area (Å²) in [5, 5.41) is 0. The molecular formula is C8H15N3O. The molecule has 0 unspecified atom stereocenters. The van der Waals surface area contributed by atoms with Crippen molar-refractivity contribution in [2.75, 3.05) is 5.73 Å². The minimum Gasteiger partial charge on any atom is -0.383 e. The fraction of sp³-hybridized carbons (Fsp3) is 0.500.